The van der Waals surface area contributed by atoms with Gasteiger partial charge in [-0.05, 0) is 37.1 Å². The molecule has 1 aliphatic rings. The third-order valence-electron chi connectivity index (χ3n) is 3.80. The highest BCUT2D eigenvalue weighted by molar-refractivity contribution is 5.45. The Hall–Kier alpha value is -2.01. The number of hydrogen-bond donors (Lipinski definition) is 1. The Morgan fingerprint density at radius 3 is 2.33 bits per heavy atom. The summed E-state index contributed by atoms with van der Waals surface area (Å²) in [7, 11) is 0. The van der Waals surface area contributed by atoms with Gasteiger partial charge in [0.25, 0.3) is 0 Å². The van der Waals surface area contributed by atoms with Gasteiger partial charge in [-0.3, -0.25) is 4.90 Å². The fraction of sp³-hybridized carbons (Fsp3) is 0.375. The van der Waals surface area contributed by atoms with Crippen molar-refractivity contribution in [1.82, 2.24) is 14.9 Å². The van der Waals surface area contributed by atoms with Crippen LogP contribution in [-0.2, 0) is 0 Å². The topological polar surface area (TPSA) is 41.1 Å². The number of halogens is 1. The van der Waals surface area contributed by atoms with Gasteiger partial charge in [0.05, 0.1) is 0 Å². The number of likely N-dealkylation sites (tertiary alicyclic amines) is 1. The van der Waals surface area contributed by atoms with Gasteiger partial charge in [0.15, 0.2) is 0 Å². The van der Waals surface area contributed by atoms with Crippen LogP contribution in [0, 0.1) is 5.82 Å². The highest BCUT2D eigenvalue weighted by atomic mass is 19.1. The monoisotopic (exact) mass is 286 g/mol. The van der Waals surface area contributed by atoms with Crippen LogP contribution in [0.2, 0.25) is 0 Å². The smallest absolute Gasteiger partial charge is 0.123 e. The van der Waals surface area contributed by atoms with Crippen LogP contribution in [-0.4, -0.2) is 28.0 Å². The number of hydrogen-bond acceptors (Lipinski definition) is 4. The van der Waals surface area contributed by atoms with E-state index in [0.29, 0.717) is 0 Å². The van der Waals surface area contributed by atoms with E-state index in [0.717, 1.165) is 24.3 Å². The second kappa shape index (κ2) is 6.63. The van der Waals surface area contributed by atoms with Crippen molar-refractivity contribution in [1.29, 1.82) is 0 Å². The van der Waals surface area contributed by atoms with Crippen LogP contribution in [0.15, 0.2) is 43.0 Å². The SMILES string of the molecule is Fc1ccc(NC(c2cncnc2)N2CCCCC2)cc1. The second-order valence-electron chi connectivity index (χ2n) is 5.32. The zero-order chi connectivity index (χ0) is 14.5. The Balaban J connectivity index is 1.83. The van der Waals surface area contributed by atoms with E-state index in [-0.39, 0.29) is 12.0 Å². The van der Waals surface area contributed by atoms with E-state index in [1.54, 1.807) is 12.1 Å². The van der Waals surface area contributed by atoms with Crippen LogP contribution in [0.3, 0.4) is 0 Å². The molecular weight excluding hydrogens is 267 g/mol. The molecule has 0 aliphatic carbocycles. The largest absolute Gasteiger partial charge is 0.366 e. The Labute approximate surface area is 124 Å². The van der Waals surface area contributed by atoms with E-state index >= 15 is 0 Å². The number of piperidine rings is 1. The van der Waals surface area contributed by atoms with E-state index < -0.39 is 0 Å². The van der Waals surface area contributed by atoms with Crippen molar-refractivity contribution in [3.8, 4) is 0 Å². The highest BCUT2D eigenvalue weighted by Crippen LogP contribution is 2.25. The van der Waals surface area contributed by atoms with Gasteiger partial charge in [-0.15, -0.1) is 0 Å². The lowest BCUT2D eigenvalue weighted by Gasteiger charge is -2.35. The molecule has 1 aliphatic heterocycles. The Morgan fingerprint density at radius 1 is 1.00 bits per heavy atom. The van der Waals surface area contributed by atoms with Gasteiger partial charge in [0.1, 0.15) is 18.3 Å². The minimum absolute atomic E-state index is 0.0250. The average Bonchev–Trinajstić information content (AvgIpc) is 2.56. The fourth-order valence-electron chi connectivity index (χ4n) is 2.72. The summed E-state index contributed by atoms with van der Waals surface area (Å²) >= 11 is 0. The molecule has 2 aromatic rings. The zero-order valence-corrected chi connectivity index (χ0v) is 11.9. The van der Waals surface area contributed by atoms with E-state index in [1.807, 2.05) is 12.4 Å². The summed E-state index contributed by atoms with van der Waals surface area (Å²) in [5.41, 5.74) is 1.93. The van der Waals surface area contributed by atoms with Crippen molar-refractivity contribution in [2.24, 2.45) is 0 Å². The van der Waals surface area contributed by atoms with Gasteiger partial charge >= 0.3 is 0 Å². The molecule has 21 heavy (non-hydrogen) atoms. The molecule has 0 saturated carbocycles. The standard InChI is InChI=1S/C16H19FN4/c17-14-4-6-15(7-5-14)20-16(13-10-18-12-19-11-13)21-8-2-1-3-9-21/h4-7,10-12,16,20H,1-3,8-9H2. The van der Waals surface area contributed by atoms with Gasteiger partial charge in [-0.25, -0.2) is 14.4 Å². The first-order chi connectivity index (χ1) is 10.3. The molecule has 0 radical (unpaired) electrons. The summed E-state index contributed by atoms with van der Waals surface area (Å²) in [6, 6.07) is 6.46. The molecule has 4 nitrogen and oxygen atoms in total. The summed E-state index contributed by atoms with van der Waals surface area (Å²) in [4.78, 5) is 10.6. The van der Waals surface area contributed by atoms with E-state index in [2.05, 4.69) is 20.2 Å². The molecule has 2 heterocycles. The maximum absolute atomic E-state index is 13.0. The highest BCUT2D eigenvalue weighted by Gasteiger charge is 2.22. The molecule has 1 aromatic carbocycles. The molecule has 1 aromatic heterocycles. The number of aromatic nitrogens is 2. The van der Waals surface area contributed by atoms with Crippen molar-refractivity contribution >= 4 is 5.69 Å². The first kappa shape index (κ1) is 13.9. The Morgan fingerprint density at radius 2 is 1.67 bits per heavy atom. The van der Waals surface area contributed by atoms with Gasteiger partial charge in [-0.2, -0.15) is 0 Å². The normalized spacial score (nSPS) is 17.4. The maximum Gasteiger partial charge on any atom is 0.123 e. The van der Waals surface area contributed by atoms with Crippen molar-refractivity contribution in [3.05, 3.63) is 54.4 Å². The molecule has 0 spiro atoms. The quantitative estimate of drug-likeness (QED) is 0.937. The maximum atomic E-state index is 13.0. The lowest BCUT2D eigenvalue weighted by Crippen LogP contribution is -2.37. The molecule has 5 heteroatoms. The molecule has 1 atom stereocenters. The Kier molecular flexibility index (Phi) is 4.40. The van der Waals surface area contributed by atoms with E-state index in [9.17, 15) is 4.39 Å². The van der Waals surface area contributed by atoms with E-state index in [1.165, 1.54) is 37.7 Å². The van der Waals surface area contributed by atoms with Crippen LogP contribution in [0.25, 0.3) is 0 Å². The Bertz CT molecular complexity index is 552. The van der Waals surface area contributed by atoms with Crippen LogP contribution >= 0.6 is 0 Å². The minimum Gasteiger partial charge on any atom is -0.366 e. The van der Waals surface area contributed by atoms with Crippen LogP contribution in [0.5, 0.6) is 0 Å². The van der Waals surface area contributed by atoms with Crippen LogP contribution in [0.1, 0.15) is 31.0 Å². The van der Waals surface area contributed by atoms with E-state index in [4.69, 9.17) is 0 Å². The number of benzene rings is 1. The van der Waals surface area contributed by atoms with Gasteiger partial charge in [-0.1, -0.05) is 6.42 Å². The molecule has 110 valence electrons. The van der Waals surface area contributed by atoms with Crippen molar-refractivity contribution in [2.75, 3.05) is 18.4 Å². The lowest BCUT2D eigenvalue weighted by molar-refractivity contribution is 0.179. The number of nitrogens with one attached hydrogen (secondary N) is 1. The lowest BCUT2D eigenvalue weighted by atomic mass is 10.1. The zero-order valence-electron chi connectivity index (χ0n) is 11.9. The van der Waals surface area contributed by atoms with Crippen molar-refractivity contribution < 1.29 is 4.39 Å². The number of nitrogens with zero attached hydrogens (tertiary/aromatic N) is 3. The summed E-state index contributed by atoms with van der Waals surface area (Å²) < 4.78 is 13.0. The average molecular weight is 286 g/mol. The third-order valence-corrected chi connectivity index (χ3v) is 3.80. The molecule has 0 bridgehead atoms. The second-order valence-corrected chi connectivity index (χ2v) is 5.32. The summed E-state index contributed by atoms with van der Waals surface area (Å²) in [5, 5.41) is 3.47. The third kappa shape index (κ3) is 3.55. The van der Waals surface area contributed by atoms with Gasteiger partial charge in [0.2, 0.25) is 0 Å². The first-order valence-electron chi connectivity index (χ1n) is 7.34. The summed E-state index contributed by atoms with van der Waals surface area (Å²) in [6.45, 7) is 2.10. The van der Waals surface area contributed by atoms with Crippen molar-refractivity contribution in [2.45, 2.75) is 25.4 Å². The summed E-state index contributed by atoms with van der Waals surface area (Å²) in [6.07, 6.45) is 8.92. The molecule has 3 rings (SSSR count). The predicted octanol–water partition coefficient (Wildman–Crippen LogP) is 3.21. The first-order valence-corrected chi connectivity index (χ1v) is 7.34. The minimum atomic E-state index is -0.224. The molecule has 1 N–H and O–H groups in total. The van der Waals surface area contributed by atoms with Gasteiger partial charge < -0.3 is 5.32 Å². The molecule has 1 fully saturated rings. The fourth-order valence-corrected chi connectivity index (χ4v) is 2.72. The summed E-state index contributed by atoms with van der Waals surface area (Å²) in [5.74, 6) is -0.224. The van der Waals surface area contributed by atoms with Crippen molar-refractivity contribution in [3.63, 3.8) is 0 Å². The van der Waals surface area contributed by atoms with Crippen LogP contribution in [0.4, 0.5) is 10.1 Å². The molecule has 0 amide bonds. The molecular formula is C16H19FN4. The van der Waals surface area contributed by atoms with Gasteiger partial charge in [0, 0.05) is 36.7 Å². The van der Waals surface area contributed by atoms with Crippen LogP contribution < -0.4 is 5.32 Å². The molecule has 1 unspecified atom stereocenters. The number of rotatable bonds is 4. The molecule has 1 saturated heterocycles. The predicted molar refractivity (Wildman–Crippen MR) is 80.2 cm³/mol. The number of anilines is 1.